The smallest absolute Gasteiger partial charge is 0.416 e. The number of thioether (sulfide) groups is 1. The van der Waals surface area contributed by atoms with Crippen LogP contribution in [0.2, 0.25) is 0 Å². The van der Waals surface area contributed by atoms with E-state index in [0.717, 1.165) is 62.0 Å². The molecule has 0 aliphatic rings. The van der Waals surface area contributed by atoms with E-state index in [1.807, 2.05) is 23.1 Å². The number of halogens is 5. The van der Waals surface area contributed by atoms with E-state index in [1.54, 1.807) is 0 Å². The van der Waals surface area contributed by atoms with Gasteiger partial charge in [-0.05, 0) is 60.9 Å². The number of amides is 2. The van der Waals surface area contributed by atoms with Gasteiger partial charge < -0.3 is 15.0 Å². The Balaban J connectivity index is 0.000000279. The standard InChI is InChI=1S/C19H11F5N2O2.C14H21NOS/c20-12-6-7-16(15(21)10-12)26-17(27)14-5-2-8-25-18(14)28-13-4-1-3-11(9-13)19(22,23)24;1-3-10-15(11-4-2)14(16)17-12-13-8-6-5-7-9-13/h1-10H,(H,26,27);5-9H,3-4,10-12H2,1-2H3. The number of rotatable bonds is 10. The normalized spacial score (nSPS) is 10.8. The van der Waals surface area contributed by atoms with Crippen molar-refractivity contribution in [2.45, 2.75) is 38.6 Å². The summed E-state index contributed by atoms with van der Waals surface area (Å²) in [5, 5.41) is 2.44. The second kappa shape index (κ2) is 17.1. The van der Waals surface area contributed by atoms with Gasteiger partial charge in [-0.25, -0.2) is 13.8 Å². The van der Waals surface area contributed by atoms with Crippen LogP contribution in [0.3, 0.4) is 0 Å². The third-order valence-corrected chi connectivity index (χ3v) is 7.00. The van der Waals surface area contributed by atoms with Gasteiger partial charge in [-0.2, -0.15) is 13.2 Å². The largest absolute Gasteiger partial charge is 0.438 e. The number of hydrogen-bond donors (Lipinski definition) is 1. The Morgan fingerprint density at radius 3 is 2.24 bits per heavy atom. The van der Waals surface area contributed by atoms with Gasteiger partial charge in [-0.3, -0.25) is 9.59 Å². The van der Waals surface area contributed by atoms with Crippen LogP contribution in [0.15, 0.2) is 91.1 Å². The number of benzene rings is 3. The van der Waals surface area contributed by atoms with Gasteiger partial charge in [-0.1, -0.05) is 62.0 Å². The lowest BCUT2D eigenvalue weighted by atomic mass is 10.2. The van der Waals surface area contributed by atoms with Crippen molar-refractivity contribution in [2.75, 3.05) is 18.4 Å². The Morgan fingerprint density at radius 1 is 0.889 bits per heavy atom. The van der Waals surface area contributed by atoms with E-state index in [-0.39, 0.29) is 28.1 Å². The van der Waals surface area contributed by atoms with Crippen LogP contribution in [0.4, 0.5) is 32.4 Å². The van der Waals surface area contributed by atoms with Gasteiger partial charge in [0.15, 0.2) is 0 Å². The lowest BCUT2D eigenvalue weighted by Gasteiger charge is -2.20. The summed E-state index contributed by atoms with van der Waals surface area (Å²) in [6.45, 7) is 5.96. The molecular weight excluding hydrogens is 613 g/mol. The Bertz CT molecular complexity index is 1550. The number of ether oxygens (including phenoxy) is 1. The highest BCUT2D eigenvalue weighted by atomic mass is 32.2. The second-order valence-electron chi connectivity index (χ2n) is 9.59. The minimum atomic E-state index is -4.57. The van der Waals surface area contributed by atoms with Crippen LogP contribution in [0.25, 0.3) is 0 Å². The van der Waals surface area contributed by atoms with Gasteiger partial charge in [0.05, 0.1) is 11.3 Å². The molecule has 4 rings (SSSR count). The summed E-state index contributed by atoms with van der Waals surface area (Å²) in [4.78, 5) is 30.2. The molecule has 0 atom stereocenters. The van der Waals surface area contributed by atoms with Crippen LogP contribution < -0.4 is 10.1 Å². The first-order chi connectivity index (χ1) is 21.5. The van der Waals surface area contributed by atoms with Crippen LogP contribution in [-0.4, -0.2) is 34.1 Å². The van der Waals surface area contributed by atoms with E-state index >= 15 is 0 Å². The number of alkyl halides is 3. The SMILES string of the molecule is CCCN(CCC)C(=O)SCc1ccccc1.O=C(Nc1ccc(F)cc1F)c1cccnc1Oc1cccc(C(F)(F)F)c1. The molecule has 12 heteroatoms. The molecule has 0 bridgehead atoms. The summed E-state index contributed by atoms with van der Waals surface area (Å²) in [6, 6.07) is 19.5. The molecule has 0 unspecified atom stereocenters. The first-order valence-corrected chi connectivity index (χ1v) is 15.0. The minimum absolute atomic E-state index is 0.149. The maximum absolute atomic E-state index is 13.7. The van der Waals surface area contributed by atoms with E-state index in [0.29, 0.717) is 6.07 Å². The molecule has 3 aromatic carbocycles. The summed E-state index contributed by atoms with van der Waals surface area (Å²) in [5.74, 6) is -2.33. The fraction of sp³-hybridized carbons (Fsp3) is 0.242. The summed E-state index contributed by atoms with van der Waals surface area (Å²) in [5.41, 5.74) is -0.150. The second-order valence-corrected chi connectivity index (χ2v) is 10.5. The molecule has 238 valence electrons. The molecule has 0 radical (unpaired) electrons. The summed E-state index contributed by atoms with van der Waals surface area (Å²) >= 11 is 1.40. The lowest BCUT2D eigenvalue weighted by Crippen LogP contribution is -2.29. The minimum Gasteiger partial charge on any atom is -0.438 e. The maximum atomic E-state index is 13.7. The molecule has 0 aliphatic heterocycles. The zero-order chi connectivity index (χ0) is 32.8. The number of nitrogens with one attached hydrogen (secondary N) is 1. The number of nitrogens with zero attached hydrogens (tertiary/aromatic N) is 2. The molecule has 0 saturated carbocycles. The average molecular weight is 646 g/mol. The van der Waals surface area contributed by atoms with Gasteiger partial charge in [-0.15, -0.1) is 0 Å². The highest BCUT2D eigenvalue weighted by Crippen LogP contribution is 2.33. The van der Waals surface area contributed by atoms with E-state index in [9.17, 15) is 31.5 Å². The van der Waals surface area contributed by atoms with Gasteiger partial charge in [0, 0.05) is 31.1 Å². The van der Waals surface area contributed by atoms with Crippen LogP contribution in [0, 0.1) is 11.6 Å². The first-order valence-electron chi connectivity index (χ1n) is 14.0. The van der Waals surface area contributed by atoms with Crippen molar-refractivity contribution in [1.29, 1.82) is 0 Å². The molecule has 1 heterocycles. The van der Waals surface area contributed by atoms with E-state index in [1.165, 1.54) is 41.7 Å². The van der Waals surface area contributed by atoms with Crippen molar-refractivity contribution in [2.24, 2.45) is 0 Å². The van der Waals surface area contributed by atoms with E-state index < -0.39 is 29.3 Å². The molecule has 4 aromatic rings. The molecule has 0 spiro atoms. The number of carbonyl (C=O) groups excluding carboxylic acids is 2. The van der Waals surface area contributed by atoms with Crippen LogP contribution in [0.1, 0.15) is 48.2 Å². The topological polar surface area (TPSA) is 71.5 Å². The quantitative estimate of drug-likeness (QED) is 0.174. The molecule has 0 fully saturated rings. The maximum Gasteiger partial charge on any atom is 0.416 e. The fourth-order valence-corrected chi connectivity index (χ4v) is 4.77. The molecule has 45 heavy (non-hydrogen) atoms. The molecule has 0 saturated heterocycles. The monoisotopic (exact) mass is 645 g/mol. The number of aromatic nitrogens is 1. The third kappa shape index (κ3) is 11.2. The number of pyridine rings is 1. The number of anilines is 1. The van der Waals surface area contributed by atoms with Gasteiger partial charge in [0.2, 0.25) is 5.88 Å². The zero-order valence-electron chi connectivity index (χ0n) is 24.6. The highest BCUT2D eigenvalue weighted by molar-refractivity contribution is 8.12. The average Bonchev–Trinajstić information content (AvgIpc) is 3.02. The highest BCUT2D eigenvalue weighted by Gasteiger charge is 2.30. The summed E-state index contributed by atoms with van der Waals surface area (Å²) < 4.78 is 70.5. The van der Waals surface area contributed by atoms with Crippen molar-refractivity contribution < 1.29 is 36.3 Å². The van der Waals surface area contributed by atoms with Crippen molar-refractivity contribution in [3.8, 4) is 11.6 Å². The van der Waals surface area contributed by atoms with Gasteiger partial charge >= 0.3 is 6.18 Å². The van der Waals surface area contributed by atoms with Crippen molar-refractivity contribution >= 4 is 28.6 Å². The summed E-state index contributed by atoms with van der Waals surface area (Å²) in [7, 11) is 0. The Kier molecular flexibility index (Phi) is 13.3. The lowest BCUT2D eigenvalue weighted by molar-refractivity contribution is -0.137. The predicted octanol–water partition coefficient (Wildman–Crippen LogP) is 9.58. The van der Waals surface area contributed by atoms with Crippen molar-refractivity contribution in [3.63, 3.8) is 0 Å². The molecule has 1 N–H and O–H groups in total. The van der Waals surface area contributed by atoms with Crippen molar-refractivity contribution in [1.82, 2.24) is 9.88 Å². The predicted molar refractivity (Wildman–Crippen MR) is 165 cm³/mol. The first kappa shape index (κ1) is 35.0. The van der Waals surface area contributed by atoms with Crippen molar-refractivity contribution in [3.05, 3.63) is 119 Å². The van der Waals surface area contributed by atoms with E-state index in [2.05, 4.69) is 36.3 Å². The molecule has 6 nitrogen and oxygen atoms in total. The van der Waals surface area contributed by atoms with Gasteiger partial charge in [0.1, 0.15) is 22.9 Å². The summed E-state index contributed by atoms with van der Waals surface area (Å²) in [6.07, 6.45) is -1.24. The van der Waals surface area contributed by atoms with Gasteiger partial charge in [0.25, 0.3) is 11.1 Å². The Morgan fingerprint density at radius 2 is 1.60 bits per heavy atom. The van der Waals surface area contributed by atoms with Crippen LogP contribution >= 0.6 is 11.8 Å². The number of hydrogen-bond acceptors (Lipinski definition) is 5. The molecule has 0 aliphatic carbocycles. The molecule has 1 aromatic heterocycles. The Hall–Kier alpha value is -4.45. The zero-order valence-corrected chi connectivity index (χ0v) is 25.4. The molecule has 2 amide bonds. The third-order valence-electron chi connectivity index (χ3n) is 6.02. The van der Waals surface area contributed by atoms with E-state index in [4.69, 9.17) is 4.74 Å². The van der Waals surface area contributed by atoms with Crippen LogP contribution in [-0.2, 0) is 11.9 Å². The fourth-order valence-electron chi connectivity index (χ4n) is 3.92. The van der Waals surface area contributed by atoms with Crippen LogP contribution in [0.5, 0.6) is 11.6 Å². The molecular formula is C33H32F5N3O3S. The number of carbonyl (C=O) groups is 2. The Labute approximate surface area is 262 Å².